The zero-order valence-electron chi connectivity index (χ0n) is 19.0. The van der Waals surface area contributed by atoms with Crippen LogP contribution in [0.2, 0.25) is 0 Å². The Morgan fingerprint density at radius 1 is 0.886 bits per heavy atom. The van der Waals surface area contributed by atoms with Gasteiger partial charge in [0.15, 0.2) is 0 Å². The van der Waals surface area contributed by atoms with Crippen LogP contribution in [0, 0.1) is 10.1 Å². The van der Waals surface area contributed by atoms with Gasteiger partial charge in [-0.15, -0.1) is 0 Å². The van der Waals surface area contributed by atoms with Gasteiger partial charge in [-0.2, -0.15) is 0 Å². The van der Waals surface area contributed by atoms with Gasteiger partial charge in [0, 0.05) is 49.6 Å². The number of anilines is 1. The van der Waals surface area contributed by atoms with E-state index in [4.69, 9.17) is 0 Å². The molecule has 2 N–H and O–H groups in total. The van der Waals surface area contributed by atoms with Crippen LogP contribution in [0.25, 0.3) is 11.1 Å². The zero-order chi connectivity index (χ0) is 24.8. The van der Waals surface area contributed by atoms with E-state index in [1.165, 1.54) is 12.1 Å². The number of aliphatic hydroxyl groups is 1. The van der Waals surface area contributed by atoms with Gasteiger partial charge in [-0.3, -0.25) is 19.7 Å². The van der Waals surface area contributed by atoms with Crippen molar-refractivity contribution in [2.75, 3.05) is 37.7 Å². The van der Waals surface area contributed by atoms with E-state index in [-0.39, 0.29) is 11.6 Å². The Hall–Kier alpha value is -4.24. The Balaban J connectivity index is 1.33. The summed E-state index contributed by atoms with van der Waals surface area (Å²) in [6, 6.07) is 22.1. The molecule has 4 rings (SSSR count). The van der Waals surface area contributed by atoms with Crippen molar-refractivity contribution in [2.45, 2.75) is 6.04 Å². The van der Waals surface area contributed by atoms with E-state index in [1.54, 1.807) is 29.2 Å². The molecule has 1 saturated heterocycles. The van der Waals surface area contributed by atoms with Crippen molar-refractivity contribution in [1.29, 1.82) is 0 Å². The highest BCUT2D eigenvalue weighted by atomic mass is 16.6. The first-order valence-corrected chi connectivity index (χ1v) is 11.3. The van der Waals surface area contributed by atoms with E-state index in [9.17, 15) is 24.8 Å². The summed E-state index contributed by atoms with van der Waals surface area (Å²) in [5, 5.41) is 23.3. The molecule has 1 heterocycles. The van der Waals surface area contributed by atoms with Crippen LogP contribution in [0.4, 0.5) is 11.4 Å². The molecule has 180 valence electrons. The van der Waals surface area contributed by atoms with Gasteiger partial charge in [0.25, 0.3) is 11.6 Å². The van der Waals surface area contributed by atoms with Crippen molar-refractivity contribution in [2.24, 2.45) is 0 Å². The molecular weight excluding hydrogens is 448 g/mol. The molecule has 9 heteroatoms. The smallest absolute Gasteiger partial charge is 0.269 e. The summed E-state index contributed by atoms with van der Waals surface area (Å²) in [5.74, 6) is -0.772. The number of benzene rings is 3. The Morgan fingerprint density at radius 2 is 1.49 bits per heavy atom. The number of piperazine rings is 1. The lowest BCUT2D eigenvalue weighted by Gasteiger charge is -2.37. The molecule has 0 spiro atoms. The van der Waals surface area contributed by atoms with Crippen molar-refractivity contribution >= 4 is 23.2 Å². The fourth-order valence-electron chi connectivity index (χ4n) is 4.06. The SMILES string of the molecule is O=C(NC(CO)C(=O)N1CCN(c2ccc([N+](=O)[O-])cc2)CC1)c1ccc(-c2ccccc2)cc1. The molecule has 35 heavy (non-hydrogen) atoms. The molecular formula is C26H26N4O5. The van der Waals surface area contributed by atoms with Crippen LogP contribution >= 0.6 is 0 Å². The van der Waals surface area contributed by atoms with Gasteiger partial charge < -0.3 is 20.2 Å². The lowest BCUT2D eigenvalue weighted by molar-refractivity contribution is -0.384. The van der Waals surface area contributed by atoms with Crippen LogP contribution in [0.5, 0.6) is 0 Å². The number of aliphatic hydroxyl groups excluding tert-OH is 1. The molecule has 1 unspecified atom stereocenters. The molecule has 0 aliphatic carbocycles. The van der Waals surface area contributed by atoms with Crippen molar-refractivity contribution in [3.63, 3.8) is 0 Å². The molecule has 0 aromatic heterocycles. The van der Waals surface area contributed by atoms with Gasteiger partial charge in [-0.1, -0.05) is 42.5 Å². The van der Waals surface area contributed by atoms with Gasteiger partial charge in [0.05, 0.1) is 11.5 Å². The van der Waals surface area contributed by atoms with Crippen LogP contribution in [-0.4, -0.2) is 65.6 Å². The van der Waals surface area contributed by atoms with Crippen LogP contribution in [0.1, 0.15) is 10.4 Å². The van der Waals surface area contributed by atoms with Crippen molar-refractivity contribution in [1.82, 2.24) is 10.2 Å². The highest BCUT2D eigenvalue weighted by molar-refractivity contribution is 5.98. The number of hydrogen-bond donors (Lipinski definition) is 2. The minimum Gasteiger partial charge on any atom is -0.394 e. The van der Waals surface area contributed by atoms with Crippen LogP contribution < -0.4 is 10.2 Å². The third kappa shape index (κ3) is 5.64. The topological polar surface area (TPSA) is 116 Å². The number of amides is 2. The highest BCUT2D eigenvalue weighted by Crippen LogP contribution is 2.21. The van der Waals surface area contributed by atoms with Crippen molar-refractivity contribution < 1.29 is 19.6 Å². The van der Waals surface area contributed by atoms with Gasteiger partial charge in [-0.25, -0.2) is 0 Å². The van der Waals surface area contributed by atoms with Crippen molar-refractivity contribution in [3.05, 3.63) is 94.5 Å². The maximum Gasteiger partial charge on any atom is 0.269 e. The average molecular weight is 475 g/mol. The Labute approximate surface area is 202 Å². The molecule has 1 aliphatic rings. The molecule has 3 aromatic carbocycles. The van der Waals surface area contributed by atoms with E-state index in [0.717, 1.165) is 16.8 Å². The van der Waals surface area contributed by atoms with E-state index < -0.39 is 23.5 Å². The third-order valence-corrected chi connectivity index (χ3v) is 6.06. The minimum atomic E-state index is -1.04. The maximum atomic E-state index is 13.0. The van der Waals surface area contributed by atoms with E-state index >= 15 is 0 Å². The number of nitrogens with one attached hydrogen (secondary N) is 1. The van der Waals surface area contributed by atoms with Gasteiger partial charge in [-0.05, 0) is 35.4 Å². The standard InChI is InChI=1S/C26H26N4O5/c31-18-24(27-25(32)21-8-6-20(7-9-21)19-4-2-1-3-5-19)26(33)29-16-14-28(15-17-29)22-10-12-23(13-11-22)30(34)35/h1-13,24,31H,14-18H2,(H,27,32). The molecule has 2 amide bonds. The van der Waals surface area contributed by atoms with E-state index in [2.05, 4.69) is 5.32 Å². The summed E-state index contributed by atoms with van der Waals surface area (Å²) < 4.78 is 0. The summed E-state index contributed by atoms with van der Waals surface area (Å²) in [6.07, 6.45) is 0. The minimum absolute atomic E-state index is 0.0267. The normalized spacial score (nSPS) is 14.3. The molecule has 0 saturated carbocycles. The predicted molar refractivity (Wildman–Crippen MR) is 132 cm³/mol. The zero-order valence-corrected chi connectivity index (χ0v) is 19.0. The fourth-order valence-corrected chi connectivity index (χ4v) is 4.06. The molecule has 0 radical (unpaired) electrons. The highest BCUT2D eigenvalue weighted by Gasteiger charge is 2.28. The Kier molecular flexibility index (Phi) is 7.37. The lowest BCUT2D eigenvalue weighted by Crippen LogP contribution is -2.56. The van der Waals surface area contributed by atoms with Crippen LogP contribution in [0.3, 0.4) is 0 Å². The summed E-state index contributed by atoms with van der Waals surface area (Å²) in [6.45, 7) is 1.39. The molecule has 0 bridgehead atoms. The first kappa shape index (κ1) is 23.9. The lowest BCUT2D eigenvalue weighted by atomic mass is 10.0. The van der Waals surface area contributed by atoms with Crippen LogP contribution in [-0.2, 0) is 4.79 Å². The number of nitro groups is 1. The summed E-state index contributed by atoms with van der Waals surface area (Å²) in [4.78, 5) is 39.7. The summed E-state index contributed by atoms with van der Waals surface area (Å²) in [5.41, 5.74) is 3.28. The first-order valence-electron chi connectivity index (χ1n) is 11.3. The largest absolute Gasteiger partial charge is 0.394 e. The number of rotatable bonds is 7. The van der Waals surface area contributed by atoms with E-state index in [1.807, 2.05) is 47.4 Å². The fraction of sp³-hybridized carbons (Fsp3) is 0.231. The second kappa shape index (κ2) is 10.8. The molecule has 1 aliphatic heterocycles. The second-order valence-corrected chi connectivity index (χ2v) is 8.24. The van der Waals surface area contributed by atoms with Gasteiger partial charge in [0.1, 0.15) is 6.04 Å². The number of nitrogens with zero attached hydrogens (tertiary/aromatic N) is 3. The number of non-ortho nitro benzene ring substituents is 1. The van der Waals surface area contributed by atoms with Gasteiger partial charge in [0.2, 0.25) is 5.91 Å². The van der Waals surface area contributed by atoms with Crippen molar-refractivity contribution in [3.8, 4) is 11.1 Å². The number of carbonyl (C=O) groups is 2. The van der Waals surface area contributed by atoms with Crippen LogP contribution in [0.15, 0.2) is 78.9 Å². The second-order valence-electron chi connectivity index (χ2n) is 8.24. The van der Waals surface area contributed by atoms with E-state index in [0.29, 0.717) is 31.7 Å². The molecule has 1 atom stereocenters. The Morgan fingerprint density at radius 3 is 2.06 bits per heavy atom. The summed E-state index contributed by atoms with van der Waals surface area (Å²) >= 11 is 0. The monoisotopic (exact) mass is 474 g/mol. The molecule has 9 nitrogen and oxygen atoms in total. The predicted octanol–water partition coefficient (Wildman–Crippen LogP) is 2.70. The quantitative estimate of drug-likeness (QED) is 0.402. The average Bonchev–Trinajstić information content (AvgIpc) is 2.92. The number of hydrogen-bond acceptors (Lipinski definition) is 6. The first-order chi connectivity index (χ1) is 17.0. The number of nitro benzene ring substituents is 1. The summed E-state index contributed by atoms with van der Waals surface area (Å²) in [7, 11) is 0. The van der Waals surface area contributed by atoms with Gasteiger partial charge >= 0.3 is 0 Å². The molecule has 1 fully saturated rings. The Bertz CT molecular complexity index is 1170. The maximum absolute atomic E-state index is 13.0. The third-order valence-electron chi connectivity index (χ3n) is 6.06. The number of carbonyl (C=O) groups excluding carboxylic acids is 2. The molecule has 3 aromatic rings.